The molecule has 1 N–H and O–H groups in total. The van der Waals surface area contributed by atoms with Gasteiger partial charge in [-0.3, -0.25) is 9.59 Å². The van der Waals surface area contributed by atoms with Gasteiger partial charge in [-0.25, -0.2) is 0 Å². The van der Waals surface area contributed by atoms with Gasteiger partial charge < -0.3 is 10.2 Å². The van der Waals surface area contributed by atoms with Gasteiger partial charge >= 0.3 is 0 Å². The fraction of sp³-hybridized carbons (Fsp3) is 0.333. The molecule has 1 aliphatic heterocycles. The van der Waals surface area contributed by atoms with E-state index in [4.69, 9.17) is 0 Å². The quantitative estimate of drug-likeness (QED) is 0.931. The first-order valence-corrected chi connectivity index (χ1v) is 8.90. The molecule has 1 saturated carbocycles. The van der Waals surface area contributed by atoms with E-state index in [2.05, 4.69) is 5.32 Å². The highest BCUT2D eigenvalue weighted by molar-refractivity contribution is 5.99. The van der Waals surface area contributed by atoms with E-state index in [1.807, 2.05) is 54.3 Å². The second-order valence-corrected chi connectivity index (χ2v) is 7.07. The highest BCUT2D eigenvalue weighted by Gasteiger charge is 2.36. The Balaban J connectivity index is 1.47. The van der Waals surface area contributed by atoms with Gasteiger partial charge in [0.2, 0.25) is 11.8 Å². The summed E-state index contributed by atoms with van der Waals surface area (Å²) in [6.45, 7) is 2.78. The maximum atomic E-state index is 12.4. The van der Waals surface area contributed by atoms with Gasteiger partial charge in [0.25, 0.3) is 0 Å². The normalized spacial score (nSPS) is 15.8. The molecule has 0 saturated heterocycles. The van der Waals surface area contributed by atoms with Gasteiger partial charge in [-0.15, -0.1) is 0 Å². The Morgan fingerprint density at radius 3 is 2.76 bits per heavy atom. The lowest BCUT2D eigenvalue weighted by atomic mass is 10.1. The minimum atomic E-state index is -0.0383. The number of hydrogen-bond acceptors (Lipinski definition) is 2. The molecule has 1 fully saturated rings. The Labute approximate surface area is 147 Å². The van der Waals surface area contributed by atoms with Gasteiger partial charge in [0.1, 0.15) is 0 Å². The summed E-state index contributed by atoms with van der Waals surface area (Å²) >= 11 is 0. The van der Waals surface area contributed by atoms with Gasteiger partial charge in [0.15, 0.2) is 0 Å². The van der Waals surface area contributed by atoms with Gasteiger partial charge in [-0.2, -0.15) is 0 Å². The largest absolute Gasteiger partial charge is 0.326 e. The third-order valence-electron chi connectivity index (χ3n) is 4.90. The highest BCUT2D eigenvalue weighted by Crippen LogP contribution is 2.37. The molecule has 0 unspecified atom stereocenters. The Hall–Kier alpha value is -2.62. The van der Waals surface area contributed by atoms with Crippen LogP contribution in [0.15, 0.2) is 42.5 Å². The predicted molar refractivity (Wildman–Crippen MR) is 98.7 cm³/mol. The zero-order chi connectivity index (χ0) is 17.4. The van der Waals surface area contributed by atoms with Gasteiger partial charge in [0, 0.05) is 23.8 Å². The molecule has 25 heavy (non-hydrogen) atoms. The molecule has 0 radical (unpaired) electrons. The summed E-state index contributed by atoms with van der Waals surface area (Å²) in [7, 11) is 0. The van der Waals surface area contributed by atoms with E-state index < -0.39 is 0 Å². The van der Waals surface area contributed by atoms with E-state index in [9.17, 15) is 9.59 Å². The Morgan fingerprint density at radius 2 is 2.00 bits per heavy atom. The number of carbonyl (C=O) groups excluding carboxylic acids is 2. The lowest BCUT2D eigenvalue weighted by Gasteiger charge is -2.18. The summed E-state index contributed by atoms with van der Waals surface area (Å²) in [4.78, 5) is 26.6. The van der Waals surface area contributed by atoms with Gasteiger partial charge in [-0.05, 0) is 49.4 Å². The number of fused-ring (bicyclic) bond motifs is 1. The first-order chi connectivity index (χ1) is 12.1. The predicted octanol–water partition coefficient (Wildman–Crippen LogP) is 3.48. The fourth-order valence-corrected chi connectivity index (χ4v) is 3.45. The average molecular weight is 334 g/mol. The molecule has 0 atom stereocenters. The number of nitrogens with one attached hydrogen (secondary N) is 1. The van der Waals surface area contributed by atoms with Crippen LogP contribution in [0.3, 0.4) is 0 Å². The maximum Gasteiger partial charge on any atom is 0.230 e. The molecule has 0 aromatic heterocycles. The van der Waals surface area contributed by atoms with Crippen molar-refractivity contribution in [2.45, 2.75) is 32.6 Å². The van der Waals surface area contributed by atoms with Crippen molar-refractivity contribution in [3.8, 4) is 0 Å². The van der Waals surface area contributed by atoms with Crippen molar-refractivity contribution in [2.75, 3.05) is 16.8 Å². The van der Waals surface area contributed by atoms with Gasteiger partial charge in [0.05, 0.1) is 6.42 Å². The van der Waals surface area contributed by atoms with Crippen LogP contribution in [0.1, 0.15) is 29.5 Å². The zero-order valence-corrected chi connectivity index (χ0v) is 14.4. The molecule has 2 aliphatic rings. The van der Waals surface area contributed by atoms with Crippen molar-refractivity contribution < 1.29 is 9.59 Å². The SMILES string of the molecule is Cc1cccc(CC(=O)Nc2ccc3c(c2)N(C(=O)C2CC2)CC3)c1. The molecule has 4 nitrogen and oxygen atoms in total. The van der Waals surface area contributed by atoms with Crippen LogP contribution >= 0.6 is 0 Å². The molecular formula is C21H22N2O2. The Kier molecular flexibility index (Phi) is 4.04. The van der Waals surface area contributed by atoms with Crippen LogP contribution in [0.25, 0.3) is 0 Å². The van der Waals surface area contributed by atoms with Crippen LogP contribution in [-0.2, 0) is 22.4 Å². The van der Waals surface area contributed by atoms with Crippen molar-refractivity contribution in [1.82, 2.24) is 0 Å². The van der Waals surface area contributed by atoms with E-state index >= 15 is 0 Å². The molecule has 2 amide bonds. The van der Waals surface area contributed by atoms with Crippen LogP contribution in [0, 0.1) is 12.8 Å². The van der Waals surface area contributed by atoms with E-state index in [-0.39, 0.29) is 17.7 Å². The lowest BCUT2D eigenvalue weighted by molar-refractivity contribution is -0.119. The minimum Gasteiger partial charge on any atom is -0.326 e. The second-order valence-electron chi connectivity index (χ2n) is 7.07. The van der Waals surface area contributed by atoms with Crippen molar-refractivity contribution in [3.05, 3.63) is 59.2 Å². The van der Waals surface area contributed by atoms with Crippen molar-refractivity contribution in [2.24, 2.45) is 5.92 Å². The number of benzene rings is 2. The molecule has 1 aliphatic carbocycles. The number of anilines is 2. The standard InChI is InChI=1S/C21H22N2O2/c1-14-3-2-4-15(11-14)12-20(24)22-18-8-7-16-9-10-23(19(16)13-18)21(25)17-5-6-17/h2-4,7-8,11,13,17H,5-6,9-10,12H2,1H3,(H,22,24). The maximum absolute atomic E-state index is 12.4. The summed E-state index contributed by atoms with van der Waals surface area (Å²) in [6.07, 6.45) is 3.27. The highest BCUT2D eigenvalue weighted by atomic mass is 16.2. The molecular weight excluding hydrogens is 312 g/mol. The first kappa shape index (κ1) is 15.9. The van der Waals surface area contributed by atoms with Crippen molar-refractivity contribution in [1.29, 1.82) is 0 Å². The molecule has 2 aromatic rings. The smallest absolute Gasteiger partial charge is 0.230 e. The van der Waals surface area contributed by atoms with Gasteiger partial charge in [-0.1, -0.05) is 35.9 Å². The summed E-state index contributed by atoms with van der Waals surface area (Å²) in [6, 6.07) is 13.9. The van der Waals surface area contributed by atoms with Crippen molar-refractivity contribution >= 4 is 23.2 Å². The van der Waals surface area contributed by atoms with Crippen LogP contribution in [0.5, 0.6) is 0 Å². The Morgan fingerprint density at radius 1 is 1.16 bits per heavy atom. The molecule has 4 heteroatoms. The average Bonchev–Trinajstić information content (AvgIpc) is 3.34. The molecule has 1 heterocycles. The Bertz CT molecular complexity index is 840. The lowest BCUT2D eigenvalue weighted by Crippen LogP contribution is -2.30. The van der Waals surface area contributed by atoms with Crippen molar-refractivity contribution in [3.63, 3.8) is 0 Å². The molecule has 0 spiro atoms. The molecule has 2 aromatic carbocycles. The number of aryl methyl sites for hydroxylation is 1. The van der Waals surface area contributed by atoms with Crippen LogP contribution < -0.4 is 10.2 Å². The molecule has 0 bridgehead atoms. The number of hydrogen-bond donors (Lipinski definition) is 1. The van der Waals surface area contributed by atoms with E-state index in [1.165, 1.54) is 5.56 Å². The minimum absolute atomic E-state index is 0.0383. The zero-order valence-electron chi connectivity index (χ0n) is 14.4. The summed E-state index contributed by atoms with van der Waals surface area (Å²) in [5.41, 5.74) is 5.06. The van der Waals surface area contributed by atoms with E-state index in [0.29, 0.717) is 6.42 Å². The summed E-state index contributed by atoms with van der Waals surface area (Å²) in [5, 5.41) is 2.97. The molecule has 128 valence electrons. The number of carbonyl (C=O) groups is 2. The number of rotatable bonds is 4. The molecule has 4 rings (SSSR count). The number of amides is 2. The topological polar surface area (TPSA) is 49.4 Å². The van der Waals surface area contributed by atoms with Crippen LogP contribution in [-0.4, -0.2) is 18.4 Å². The summed E-state index contributed by atoms with van der Waals surface area (Å²) in [5.74, 6) is 0.413. The second kappa shape index (κ2) is 6.36. The van der Waals surface area contributed by atoms with Crippen LogP contribution in [0.2, 0.25) is 0 Å². The first-order valence-electron chi connectivity index (χ1n) is 8.90. The monoisotopic (exact) mass is 334 g/mol. The fourth-order valence-electron chi connectivity index (χ4n) is 3.45. The number of nitrogens with zero attached hydrogens (tertiary/aromatic N) is 1. The third kappa shape index (κ3) is 3.43. The third-order valence-corrected chi connectivity index (χ3v) is 4.90. The summed E-state index contributed by atoms with van der Waals surface area (Å²) < 4.78 is 0. The van der Waals surface area contributed by atoms with E-state index in [0.717, 1.165) is 48.3 Å². The van der Waals surface area contributed by atoms with Crippen LogP contribution in [0.4, 0.5) is 11.4 Å². The van der Waals surface area contributed by atoms with E-state index in [1.54, 1.807) is 0 Å².